The van der Waals surface area contributed by atoms with Crippen LogP contribution in [0.3, 0.4) is 0 Å². The van der Waals surface area contributed by atoms with Gasteiger partial charge < -0.3 is 15.3 Å². The number of nitrogens with one attached hydrogen (secondary N) is 1. The van der Waals surface area contributed by atoms with Crippen molar-refractivity contribution < 1.29 is 9.90 Å². The van der Waals surface area contributed by atoms with Crippen LogP contribution in [0.25, 0.3) is 21.3 Å². The maximum atomic E-state index is 13.6. The summed E-state index contributed by atoms with van der Waals surface area (Å²) in [5.74, 6) is 1.00. The van der Waals surface area contributed by atoms with Crippen molar-refractivity contribution in [3.63, 3.8) is 0 Å². The lowest BCUT2D eigenvalue weighted by Crippen LogP contribution is -2.49. The number of benzene rings is 2. The molecule has 1 aliphatic heterocycles. The van der Waals surface area contributed by atoms with Crippen molar-refractivity contribution in [2.75, 3.05) is 20.1 Å². The highest BCUT2D eigenvalue weighted by molar-refractivity contribution is 7.15. The minimum absolute atomic E-state index is 0.153. The van der Waals surface area contributed by atoms with Gasteiger partial charge in [-0.15, -0.1) is 11.3 Å². The molecule has 2 aromatic carbocycles. The zero-order chi connectivity index (χ0) is 29.7. The van der Waals surface area contributed by atoms with Gasteiger partial charge in [-0.1, -0.05) is 41.9 Å². The molecule has 3 heterocycles. The largest absolute Gasteiger partial charge is 0.388 e. The lowest BCUT2D eigenvalue weighted by atomic mass is 9.88. The topological polar surface area (TPSA) is 87.5 Å². The van der Waals surface area contributed by atoms with Crippen molar-refractivity contribution in [1.82, 2.24) is 19.8 Å². The van der Waals surface area contributed by atoms with Crippen molar-refractivity contribution in [3.05, 3.63) is 86.2 Å². The third-order valence-electron chi connectivity index (χ3n) is 9.81. The van der Waals surface area contributed by atoms with Crippen LogP contribution in [-0.4, -0.2) is 51.2 Å². The number of fused-ring (bicyclic) bond motifs is 2. The van der Waals surface area contributed by atoms with Crippen LogP contribution in [0.4, 0.5) is 0 Å². The Morgan fingerprint density at radius 3 is 2.67 bits per heavy atom. The van der Waals surface area contributed by atoms with E-state index < -0.39 is 5.60 Å². The Balaban J connectivity index is 1.04. The molecule has 2 aliphatic carbocycles. The highest BCUT2D eigenvalue weighted by Crippen LogP contribution is 2.45. The first-order valence-electron chi connectivity index (χ1n) is 15.4. The molecule has 2 unspecified atom stereocenters. The summed E-state index contributed by atoms with van der Waals surface area (Å²) in [6, 6.07) is 14.9. The van der Waals surface area contributed by atoms with Crippen LogP contribution < -0.4 is 10.9 Å². The van der Waals surface area contributed by atoms with Crippen molar-refractivity contribution in [2.24, 2.45) is 5.92 Å². The molecule has 2 atom stereocenters. The van der Waals surface area contributed by atoms with Crippen molar-refractivity contribution in [1.29, 1.82) is 0 Å². The molecule has 9 heteroatoms. The van der Waals surface area contributed by atoms with E-state index in [9.17, 15) is 14.7 Å². The summed E-state index contributed by atoms with van der Waals surface area (Å²) in [5, 5.41) is 17.9. The predicted molar refractivity (Wildman–Crippen MR) is 172 cm³/mol. The molecule has 1 amide bonds. The number of thiophene rings is 1. The fourth-order valence-corrected chi connectivity index (χ4v) is 8.43. The molecule has 0 spiro atoms. The van der Waals surface area contributed by atoms with Gasteiger partial charge >= 0.3 is 0 Å². The van der Waals surface area contributed by atoms with Crippen molar-refractivity contribution >= 4 is 39.7 Å². The van der Waals surface area contributed by atoms with Crippen molar-refractivity contribution in [3.8, 4) is 10.4 Å². The number of hydrogen-bond acceptors (Lipinski definition) is 6. The van der Waals surface area contributed by atoms with Gasteiger partial charge in [-0.05, 0) is 86.2 Å². The second-order valence-corrected chi connectivity index (χ2v) is 13.9. The lowest BCUT2D eigenvalue weighted by Gasteiger charge is -2.39. The molecule has 7 nitrogen and oxygen atoms in total. The fraction of sp³-hybridized carbons (Fsp3) is 0.441. The number of aryl methyl sites for hydroxylation is 1. The number of amides is 1. The summed E-state index contributed by atoms with van der Waals surface area (Å²) < 4.78 is 1.52. The number of carbonyl (C=O) groups excluding carboxylic acids is 1. The number of rotatable bonds is 8. The van der Waals surface area contributed by atoms with E-state index in [1.165, 1.54) is 45.4 Å². The van der Waals surface area contributed by atoms with E-state index in [-0.39, 0.29) is 23.9 Å². The summed E-state index contributed by atoms with van der Waals surface area (Å²) in [6.07, 6.45) is 7.32. The first-order chi connectivity index (χ1) is 20.8. The van der Waals surface area contributed by atoms with E-state index >= 15 is 0 Å². The molecule has 3 aliphatic rings. The second kappa shape index (κ2) is 11.5. The molecule has 2 aromatic heterocycles. The molecule has 43 heavy (non-hydrogen) atoms. The van der Waals surface area contributed by atoms with Gasteiger partial charge in [-0.2, -0.15) is 0 Å². The Kier molecular flexibility index (Phi) is 7.66. The maximum Gasteiger partial charge on any atom is 0.262 e. The summed E-state index contributed by atoms with van der Waals surface area (Å²) in [4.78, 5) is 34.3. The number of carbonyl (C=O) groups is 1. The van der Waals surface area contributed by atoms with Crippen LogP contribution in [0.1, 0.15) is 67.2 Å². The predicted octanol–water partition coefficient (Wildman–Crippen LogP) is 5.92. The molecule has 0 bridgehead atoms. The zero-order valence-corrected chi connectivity index (χ0v) is 26.0. The number of nitrogens with zero attached hydrogens (tertiary/aromatic N) is 3. The number of hydrogen-bond donors (Lipinski definition) is 2. The normalized spacial score (nSPS) is 20.3. The number of piperidine rings is 1. The Morgan fingerprint density at radius 1 is 1.19 bits per heavy atom. The highest BCUT2D eigenvalue weighted by atomic mass is 35.5. The van der Waals surface area contributed by atoms with E-state index in [1.54, 1.807) is 6.33 Å². The highest BCUT2D eigenvalue weighted by Gasteiger charge is 2.38. The van der Waals surface area contributed by atoms with E-state index in [0.717, 1.165) is 23.3 Å². The molecule has 224 valence electrons. The molecule has 1 saturated heterocycles. The van der Waals surface area contributed by atoms with Gasteiger partial charge in [-0.3, -0.25) is 14.2 Å². The molecule has 0 radical (unpaired) electrons. The Bertz CT molecular complexity index is 1720. The van der Waals surface area contributed by atoms with E-state index in [0.29, 0.717) is 60.2 Å². The Labute approximate surface area is 260 Å². The van der Waals surface area contributed by atoms with Gasteiger partial charge in [-0.25, -0.2) is 4.98 Å². The minimum atomic E-state index is -1.07. The molecule has 2 N–H and O–H groups in total. The van der Waals surface area contributed by atoms with Crippen LogP contribution in [-0.2, 0) is 17.8 Å². The van der Waals surface area contributed by atoms with E-state index in [2.05, 4.69) is 23.5 Å². The Hall–Kier alpha value is -3.04. The second-order valence-electron chi connectivity index (χ2n) is 12.6. The molecule has 7 rings (SSSR count). The number of aliphatic hydroxyl groups is 1. The zero-order valence-electron chi connectivity index (χ0n) is 24.4. The summed E-state index contributed by atoms with van der Waals surface area (Å²) in [5.41, 5.74) is 4.09. The number of halogens is 1. The monoisotopic (exact) mass is 616 g/mol. The van der Waals surface area contributed by atoms with Crippen LogP contribution in [0.2, 0.25) is 5.02 Å². The van der Waals surface area contributed by atoms with Gasteiger partial charge in [0.15, 0.2) is 0 Å². The molecule has 2 fully saturated rings. The average Bonchev–Trinajstić information content (AvgIpc) is 3.64. The van der Waals surface area contributed by atoms with Crippen molar-refractivity contribution in [2.45, 2.75) is 69.1 Å². The van der Waals surface area contributed by atoms with E-state index in [4.69, 9.17) is 16.6 Å². The van der Waals surface area contributed by atoms with E-state index in [1.807, 2.05) is 41.6 Å². The quantitative estimate of drug-likeness (QED) is 0.257. The van der Waals surface area contributed by atoms with Crippen LogP contribution in [0.15, 0.2) is 59.0 Å². The lowest BCUT2D eigenvalue weighted by molar-refractivity contribution is -0.136. The molecular formula is C34H37ClN4O3S. The van der Waals surface area contributed by atoms with Gasteiger partial charge in [0.25, 0.3) is 5.56 Å². The van der Waals surface area contributed by atoms with Gasteiger partial charge in [0.2, 0.25) is 5.91 Å². The standard InChI is InChI=1S/C34H37ClN4O3S/c1-36-29-10-9-23-15-26(28(35)16-25(23)29)32-31-27(18-43-32)33(41)39(20-37-31)19-34(42)11-13-38(14-12-34)30(40)17-24(22-7-8-22)21-5-3-2-4-6-21/h2-6,15-16,18,20,22,24,29,36,42H,7-14,17,19H2,1H3. The smallest absolute Gasteiger partial charge is 0.262 e. The van der Waals surface area contributed by atoms with Gasteiger partial charge in [0.05, 0.1) is 34.3 Å². The SMILES string of the molecule is CNC1CCc2cc(-c3scc4c(=O)n(CC5(O)CCN(C(=O)CC(c6ccccc6)C6CC6)CC5)cnc34)c(Cl)cc21. The fourth-order valence-electron chi connectivity index (χ4n) is 7.09. The third kappa shape index (κ3) is 5.55. The summed E-state index contributed by atoms with van der Waals surface area (Å²) in [6.45, 7) is 1.13. The first kappa shape index (κ1) is 28.7. The maximum absolute atomic E-state index is 13.6. The average molecular weight is 617 g/mol. The van der Waals surface area contributed by atoms with Crippen LogP contribution in [0, 0.1) is 5.92 Å². The Morgan fingerprint density at radius 2 is 1.95 bits per heavy atom. The third-order valence-corrected chi connectivity index (χ3v) is 11.1. The van der Waals surface area contributed by atoms with Gasteiger partial charge in [0, 0.05) is 41.5 Å². The molecule has 4 aromatic rings. The first-order valence-corrected chi connectivity index (χ1v) is 16.6. The molecule has 1 saturated carbocycles. The summed E-state index contributed by atoms with van der Waals surface area (Å²) >= 11 is 8.24. The molecular weight excluding hydrogens is 580 g/mol. The number of aromatic nitrogens is 2. The van der Waals surface area contributed by atoms with Crippen LogP contribution in [0.5, 0.6) is 0 Å². The summed E-state index contributed by atoms with van der Waals surface area (Å²) in [7, 11) is 1.97. The van der Waals surface area contributed by atoms with Gasteiger partial charge in [0.1, 0.15) is 0 Å². The minimum Gasteiger partial charge on any atom is -0.388 e. The van der Waals surface area contributed by atoms with Crippen LogP contribution >= 0.6 is 22.9 Å². The number of likely N-dealkylation sites (tertiary alicyclic amines) is 1.